The molecular formula is C19H24F2N6O2S. The summed E-state index contributed by atoms with van der Waals surface area (Å²) in [6.45, 7) is 4.95. The summed E-state index contributed by atoms with van der Waals surface area (Å²) in [4.78, 5) is 5.91. The molecule has 2 fully saturated rings. The largest absolute Gasteiger partial charge is 0.353 e. The minimum atomic E-state index is -4.02. The van der Waals surface area contributed by atoms with E-state index in [1.54, 1.807) is 0 Å². The van der Waals surface area contributed by atoms with Gasteiger partial charge in [0.15, 0.2) is 11.6 Å². The third kappa shape index (κ3) is 4.23. The first-order chi connectivity index (χ1) is 14.3. The Kier molecular flexibility index (Phi) is 5.85. The lowest BCUT2D eigenvalue weighted by molar-refractivity contribution is 0.312. The van der Waals surface area contributed by atoms with Crippen molar-refractivity contribution in [3.05, 3.63) is 42.0 Å². The zero-order chi connectivity index (χ0) is 21.3. The zero-order valence-electron chi connectivity index (χ0n) is 16.7. The van der Waals surface area contributed by atoms with E-state index < -0.39 is 26.6 Å². The van der Waals surface area contributed by atoms with Crippen molar-refractivity contribution in [2.24, 2.45) is 0 Å². The summed E-state index contributed by atoms with van der Waals surface area (Å²) >= 11 is 0. The number of hydrogen-bond acceptors (Lipinski definition) is 7. The Morgan fingerprint density at radius 3 is 1.83 bits per heavy atom. The van der Waals surface area contributed by atoms with Crippen molar-refractivity contribution >= 4 is 21.7 Å². The monoisotopic (exact) mass is 438 g/mol. The lowest BCUT2D eigenvalue weighted by Crippen LogP contribution is -2.49. The van der Waals surface area contributed by atoms with E-state index in [-0.39, 0.29) is 13.1 Å². The molecule has 8 nitrogen and oxygen atoms in total. The van der Waals surface area contributed by atoms with Crippen LogP contribution in [-0.4, -0.2) is 87.2 Å². The Balaban J connectivity index is 1.39. The highest BCUT2D eigenvalue weighted by atomic mass is 32.2. The fourth-order valence-corrected chi connectivity index (χ4v) is 5.14. The molecule has 162 valence electrons. The molecule has 11 heteroatoms. The summed E-state index contributed by atoms with van der Waals surface area (Å²) in [6, 6.07) is 6.33. The second kappa shape index (κ2) is 8.40. The van der Waals surface area contributed by atoms with Gasteiger partial charge in [-0.25, -0.2) is 17.2 Å². The number of rotatable bonds is 4. The van der Waals surface area contributed by atoms with Gasteiger partial charge in [0, 0.05) is 58.4 Å². The van der Waals surface area contributed by atoms with Crippen LogP contribution in [0.1, 0.15) is 0 Å². The van der Waals surface area contributed by atoms with Crippen molar-refractivity contribution < 1.29 is 17.2 Å². The first kappa shape index (κ1) is 20.9. The van der Waals surface area contributed by atoms with E-state index in [2.05, 4.69) is 27.0 Å². The summed E-state index contributed by atoms with van der Waals surface area (Å²) in [5, 5.41) is 8.65. The van der Waals surface area contributed by atoms with Gasteiger partial charge in [-0.05, 0) is 31.3 Å². The molecule has 2 aliphatic heterocycles. The predicted octanol–water partition coefficient (Wildman–Crippen LogP) is 1.02. The molecule has 4 rings (SSSR count). The highest BCUT2D eigenvalue weighted by Gasteiger charge is 2.31. The van der Waals surface area contributed by atoms with E-state index in [9.17, 15) is 17.2 Å². The van der Waals surface area contributed by atoms with E-state index in [4.69, 9.17) is 0 Å². The molecule has 30 heavy (non-hydrogen) atoms. The zero-order valence-corrected chi connectivity index (χ0v) is 17.5. The molecule has 3 heterocycles. The molecular weight excluding hydrogens is 414 g/mol. The molecule has 0 atom stereocenters. The summed E-state index contributed by atoms with van der Waals surface area (Å²) in [6.07, 6.45) is 0. The van der Waals surface area contributed by atoms with Gasteiger partial charge in [0.25, 0.3) is 0 Å². The Morgan fingerprint density at radius 2 is 1.33 bits per heavy atom. The SMILES string of the molecule is CN1CCN(c2ccc(N3CCN(S(=O)(=O)c4ccc(F)cc4F)CC3)nn2)CC1. The average molecular weight is 439 g/mol. The molecule has 2 aromatic rings. The topological polar surface area (TPSA) is 72.9 Å². The molecule has 0 unspecified atom stereocenters. The Morgan fingerprint density at radius 1 is 0.800 bits per heavy atom. The van der Waals surface area contributed by atoms with Crippen molar-refractivity contribution in [2.45, 2.75) is 4.90 Å². The predicted molar refractivity (Wildman–Crippen MR) is 109 cm³/mol. The van der Waals surface area contributed by atoms with E-state index in [1.165, 1.54) is 4.31 Å². The molecule has 0 radical (unpaired) electrons. The summed E-state index contributed by atoms with van der Waals surface area (Å²) in [5.41, 5.74) is 0. The van der Waals surface area contributed by atoms with Gasteiger partial charge in [0.1, 0.15) is 16.5 Å². The number of halogens is 2. The van der Waals surface area contributed by atoms with E-state index >= 15 is 0 Å². The van der Waals surface area contributed by atoms with Gasteiger partial charge >= 0.3 is 0 Å². The van der Waals surface area contributed by atoms with Gasteiger partial charge in [-0.3, -0.25) is 0 Å². The van der Waals surface area contributed by atoms with Gasteiger partial charge < -0.3 is 14.7 Å². The summed E-state index contributed by atoms with van der Waals surface area (Å²) in [7, 11) is -1.93. The van der Waals surface area contributed by atoms with Gasteiger partial charge in [-0.1, -0.05) is 0 Å². The molecule has 0 N–H and O–H groups in total. The first-order valence-corrected chi connectivity index (χ1v) is 11.3. The second-order valence-corrected chi connectivity index (χ2v) is 9.41. The van der Waals surface area contributed by atoms with Crippen LogP contribution in [0.15, 0.2) is 35.2 Å². The van der Waals surface area contributed by atoms with Crippen LogP contribution >= 0.6 is 0 Å². The third-order valence-electron chi connectivity index (χ3n) is 5.54. The third-order valence-corrected chi connectivity index (χ3v) is 7.47. The van der Waals surface area contributed by atoms with Crippen LogP contribution in [0, 0.1) is 11.6 Å². The van der Waals surface area contributed by atoms with Crippen molar-refractivity contribution in [3.63, 3.8) is 0 Å². The first-order valence-electron chi connectivity index (χ1n) is 9.82. The van der Waals surface area contributed by atoms with Gasteiger partial charge in [-0.15, -0.1) is 10.2 Å². The standard InChI is InChI=1S/C19H24F2N6O2S/c1-24-6-8-25(9-7-24)18-4-5-19(23-22-18)26-10-12-27(13-11-26)30(28,29)17-3-2-15(20)14-16(17)21/h2-5,14H,6-13H2,1H3. The molecule has 0 aliphatic carbocycles. The number of sulfonamides is 1. The number of likely N-dealkylation sites (N-methyl/N-ethyl adjacent to an activating group) is 1. The fourth-order valence-electron chi connectivity index (χ4n) is 3.67. The highest BCUT2D eigenvalue weighted by molar-refractivity contribution is 7.89. The van der Waals surface area contributed by atoms with Crippen LogP contribution in [0.2, 0.25) is 0 Å². The van der Waals surface area contributed by atoms with Crippen LogP contribution in [0.4, 0.5) is 20.4 Å². The summed E-state index contributed by atoms with van der Waals surface area (Å²) in [5.74, 6) is -0.379. The molecule has 1 aromatic heterocycles. The van der Waals surface area contributed by atoms with Crippen LogP contribution in [0.25, 0.3) is 0 Å². The average Bonchev–Trinajstić information content (AvgIpc) is 2.74. The quantitative estimate of drug-likeness (QED) is 0.706. The second-order valence-electron chi connectivity index (χ2n) is 7.51. The Labute approximate surface area is 174 Å². The molecule has 0 amide bonds. The number of aromatic nitrogens is 2. The highest BCUT2D eigenvalue weighted by Crippen LogP contribution is 2.23. The molecule has 1 aromatic carbocycles. The summed E-state index contributed by atoms with van der Waals surface area (Å²) < 4.78 is 53.7. The van der Waals surface area contributed by atoms with Crippen molar-refractivity contribution in [2.75, 3.05) is 69.2 Å². The number of benzene rings is 1. The van der Waals surface area contributed by atoms with E-state index in [0.29, 0.717) is 25.0 Å². The molecule has 0 spiro atoms. The number of piperazine rings is 2. The maximum atomic E-state index is 14.0. The molecule has 2 saturated heterocycles. The fraction of sp³-hybridized carbons (Fsp3) is 0.474. The number of hydrogen-bond donors (Lipinski definition) is 0. The number of anilines is 2. The Bertz CT molecular complexity index is 989. The lowest BCUT2D eigenvalue weighted by Gasteiger charge is -2.35. The van der Waals surface area contributed by atoms with E-state index in [0.717, 1.165) is 44.1 Å². The normalized spacial score (nSPS) is 19.3. The molecule has 0 saturated carbocycles. The smallest absolute Gasteiger partial charge is 0.246 e. The van der Waals surface area contributed by atoms with Crippen LogP contribution < -0.4 is 9.80 Å². The lowest BCUT2D eigenvalue weighted by atomic mass is 10.3. The Hall–Kier alpha value is -2.37. The van der Waals surface area contributed by atoms with Crippen molar-refractivity contribution in [1.29, 1.82) is 0 Å². The van der Waals surface area contributed by atoms with Gasteiger partial charge in [0.05, 0.1) is 0 Å². The molecule has 0 bridgehead atoms. The number of nitrogens with zero attached hydrogens (tertiary/aromatic N) is 6. The van der Waals surface area contributed by atoms with Crippen molar-refractivity contribution in [1.82, 2.24) is 19.4 Å². The van der Waals surface area contributed by atoms with Crippen LogP contribution in [0.5, 0.6) is 0 Å². The molecule has 2 aliphatic rings. The van der Waals surface area contributed by atoms with Crippen LogP contribution in [-0.2, 0) is 10.0 Å². The van der Waals surface area contributed by atoms with Crippen molar-refractivity contribution in [3.8, 4) is 0 Å². The van der Waals surface area contributed by atoms with E-state index in [1.807, 2.05) is 17.0 Å². The maximum absolute atomic E-state index is 14.0. The maximum Gasteiger partial charge on any atom is 0.246 e. The van der Waals surface area contributed by atoms with Gasteiger partial charge in [-0.2, -0.15) is 4.31 Å². The van der Waals surface area contributed by atoms with Gasteiger partial charge in [0.2, 0.25) is 10.0 Å². The minimum Gasteiger partial charge on any atom is -0.353 e. The van der Waals surface area contributed by atoms with Crippen LogP contribution in [0.3, 0.4) is 0 Å². The minimum absolute atomic E-state index is 0.182.